The number of rotatable bonds is 6. The van der Waals surface area contributed by atoms with Crippen LogP contribution in [0.5, 0.6) is 11.5 Å². The van der Waals surface area contributed by atoms with Crippen molar-refractivity contribution in [2.45, 2.75) is 44.9 Å². The summed E-state index contributed by atoms with van der Waals surface area (Å²) < 4.78 is 13.2. The van der Waals surface area contributed by atoms with Gasteiger partial charge in [-0.25, -0.2) is 0 Å². The number of halogens is 1. The predicted octanol–water partition coefficient (Wildman–Crippen LogP) is 6.94. The van der Waals surface area contributed by atoms with Gasteiger partial charge in [0, 0.05) is 15.8 Å². The molecule has 6 heteroatoms. The summed E-state index contributed by atoms with van der Waals surface area (Å²) in [5, 5.41) is 3.57. The highest BCUT2D eigenvalue weighted by Gasteiger charge is 2.34. The monoisotopic (exact) mass is 506 g/mol. The molecule has 33 heavy (non-hydrogen) atoms. The molecule has 170 valence electrons. The standard InChI is InChI=1S/C27H27BrN2O3/c1-2-32-25-17-18(11-16-24(25)33-21-7-3-4-8-21)26-29-23-10-6-5-9-22(23)27(31)30(26)20-14-12-19(28)13-15-20/h5-6,9-17,21,26,29H,2-4,7-8H2,1H3/t26-/m0/s1. The molecule has 5 nitrogen and oxygen atoms in total. The van der Waals surface area contributed by atoms with E-state index in [2.05, 4.69) is 21.2 Å². The first-order valence-corrected chi connectivity index (χ1v) is 12.3. The van der Waals surface area contributed by atoms with Gasteiger partial charge in [-0.1, -0.05) is 34.1 Å². The number of amides is 1. The Kier molecular flexibility index (Phi) is 6.27. The zero-order chi connectivity index (χ0) is 22.8. The normalized spacial score (nSPS) is 18.1. The first-order valence-electron chi connectivity index (χ1n) is 11.5. The third-order valence-electron chi connectivity index (χ3n) is 6.21. The lowest BCUT2D eigenvalue weighted by molar-refractivity contribution is 0.0975. The molecule has 1 heterocycles. The molecular formula is C27H27BrN2O3. The summed E-state index contributed by atoms with van der Waals surface area (Å²) in [5.74, 6) is 1.44. The van der Waals surface area contributed by atoms with Crippen LogP contribution in [0.25, 0.3) is 0 Å². The Labute approximate surface area is 202 Å². The van der Waals surface area contributed by atoms with Gasteiger partial charge in [-0.05, 0) is 86.7 Å². The van der Waals surface area contributed by atoms with Crippen molar-refractivity contribution in [3.63, 3.8) is 0 Å². The van der Waals surface area contributed by atoms with E-state index in [0.29, 0.717) is 17.9 Å². The van der Waals surface area contributed by atoms with Gasteiger partial charge in [-0.15, -0.1) is 0 Å². The first kappa shape index (κ1) is 21.8. The number of nitrogens with zero attached hydrogens (tertiary/aromatic N) is 1. The Morgan fingerprint density at radius 3 is 2.52 bits per heavy atom. The van der Waals surface area contributed by atoms with Crippen molar-refractivity contribution >= 4 is 33.2 Å². The molecule has 0 saturated heterocycles. The molecule has 3 aromatic rings. The molecular weight excluding hydrogens is 480 g/mol. The number of benzene rings is 3. The second kappa shape index (κ2) is 9.48. The summed E-state index contributed by atoms with van der Waals surface area (Å²) in [6.07, 6.45) is 4.45. The lowest BCUT2D eigenvalue weighted by atomic mass is 10.0. The maximum Gasteiger partial charge on any atom is 0.262 e. The molecule has 1 N–H and O–H groups in total. The molecule has 0 unspecified atom stereocenters. The highest BCUT2D eigenvalue weighted by molar-refractivity contribution is 9.10. The molecule has 1 aliphatic carbocycles. The van der Waals surface area contributed by atoms with Crippen molar-refractivity contribution < 1.29 is 14.3 Å². The number of ether oxygens (including phenoxy) is 2. The second-order valence-electron chi connectivity index (χ2n) is 8.41. The minimum atomic E-state index is -0.381. The van der Waals surface area contributed by atoms with E-state index < -0.39 is 0 Å². The number of anilines is 2. The van der Waals surface area contributed by atoms with E-state index in [1.807, 2.05) is 73.7 Å². The lowest BCUT2D eigenvalue weighted by Crippen LogP contribution is -2.43. The quantitative estimate of drug-likeness (QED) is 0.393. The summed E-state index contributed by atoms with van der Waals surface area (Å²) in [6.45, 7) is 2.51. The fourth-order valence-corrected chi connectivity index (χ4v) is 4.87. The van der Waals surface area contributed by atoms with E-state index in [1.165, 1.54) is 12.8 Å². The van der Waals surface area contributed by atoms with E-state index in [-0.39, 0.29) is 18.2 Å². The Balaban J connectivity index is 1.55. The van der Waals surface area contributed by atoms with Crippen LogP contribution in [-0.2, 0) is 0 Å². The maximum atomic E-state index is 13.6. The molecule has 0 radical (unpaired) electrons. The number of hydrogen-bond donors (Lipinski definition) is 1. The molecule has 1 atom stereocenters. The van der Waals surface area contributed by atoms with Crippen LogP contribution in [0.4, 0.5) is 11.4 Å². The van der Waals surface area contributed by atoms with Crippen LogP contribution >= 0.6 is 15.9 Å². The maximum absolute atomic E-state index is 13.6. The number of fused-ring (bicyclic) bond motifs is 1. The van der Waals surface area contributed by atoms with Crippen molar-refractivity contribution in [3.8, 4) is 11.5 Å². The summed E-state index contributed by atoms with van der Waals surface area (Å²) in [4.78, 5) is 15.4. The van der Waals surface area contributed by atoms with Gasteiger partial charge in [0.25, 0.3) is 5.91 Å². The second-order valence-corrected chi connectivity index (χ2v) is 9.32. The van der Waals surface area contributed by atoms with Gasteiger partial charge in [0.1, 0.15) is 6.17 Å². The number of para-hydroxylation sites is 1. The largest absolute Gasteiger partial charge is 0.490 e. The van der Waals surface area contributed by atoms with Gasteiger partial charge in [-0.3, -0.25) is 9.69 Å². The average molecular weight is 507 g/mol. The average Bonchev–Trinajstić information content (AvgIpc) is 3.34. The number of carbonyl (C=O) groups excluding carboxylic acids is 1. The van der Waals surface area contributed by atoms with Crippen molar-refractivity contribution in [2.75, 3.05) is 16.8 Å². The summed E-state index contributed by atoms with van der Waals surface area (Å²) in [7, 11) is 0. The van der Waals surface area contributed by atoms with E-state index in [4.69, 9.17) is 9.47 Å². The van der Waals surface area contributed by atoms with Gasteiger partial charge in [-0.2, -0.15) is 0 Å². The third-order valence-corrected chi connectivity index (χ3v) is 6.74. The Morgan fingerprint density at radius 2 is 1.76 bits per heavy atom. The summed E-state index contributed by atoms with van der Waals surface area (Å²) in [5.41, 5.74) is 3.23. The Morgan fingerprint density at radius 1 is 1.00 bits per heavy atom. The first-order chi connectivity index (χ1) is 16.1. The fraction of sp³-hybridized carbons (Fsp3) is 0.296. The molecule has 1 aliphatic heterocycles. The smallest absolute Gasteiger partial charge is 0.262 e. The van der Waals surface area contributed by atoms with Gasteiger partial charge in [0.15, 0.2) is 11.5 Å². The van der Waals surface area contributed by atoms with Crippen LogP contribution in [0.2, 0.25) is 0 Å². The molecule has 0 spiro atoms. The minimum absolute atomic E-state index is 0.0408. The van der Waals surface area contributed by atoms with Crippen molar-refractivity contribution in [2.24, 2.45) is 0 Å². The van der Waals surface area contributed by atoms with E-state index in [0.717, 1.165) is 40.0 Å². The molecule has 5 rings (SSSR count). The zero-order valence-electron chi connectivity index (χ0n) is 18.6. The molecule has 0 bridgehead atoms. The number of nitrogens with one attached hydrogen (secondary N) is 1. The van der Waals surface area contributed by atoms with Crippen LogP contribution in [0.1, 0.15) is 54.7 Å². The van der Waals surface area contributed by atoms with Gasteiger partial charge in [0.2, 0.25) is 0 Å². The van der Waals surface area contributed by atoms with E-state index >= 15 is 0 Å². The SMILES string of the molecule is CCOc1cc([C@H]2Nc3ccccc3C(=O)N2c2ccc(Br)cc2)ccc1OC1CCCC1. The Hall–Kier alpha value is -2.99. The predicted molar refractivity (Wildman–Crippen MR) is 134 cm³/mol. The van der Waals surface area contributed by atoms with Crippen molar-refractivity contribution in [1.29, 1.82) is 0 Å². The molecule has 1 fully saturated rings. The van der Waals surface area contributed by atoms with Gasteiger partial charge in [0.05, 0.1) is 18.3 Å². The zero-order valence-corrected chi connectivity index (χ0v) is 20.2. The summed E-state index contributed by atoms with van der Waals surface area (Å²) in [6, 6.07) is 21.4. The summed E-state index contributed by atoms with van der Waals surface area (Å²) >= 11 is 3.49. The van der Waals surface area contributed by atoms with E-state index in [9.17, 15) is 4.79 Å². The fourth-order valence-electron chi connectivity index (χ4n) is 4.60. The van der Waals surface area contributed by atoms with Crippen LogP contribution in [0, 0.1) is 0 Å². The lowest BCUT2D eigenvalue weighted by Gasteiger charge is -2.38. The van der Waals surface area contributed by atoms with Crippen LogP contribution < -0.4 is 19.7 Å². The van der Waals surface area contributed by atoms with Gasteiger partial charge >= 0.3 is 0 Å². The molecule has 1 saturated carbocycles. The van der Waals surface area contributed by atoms with Crippen LogP contribution in [0.15, 0.2) is 71.2 Å². The van der Waals surface area contributed by atoms with Crippen LogP contribution in [-0.4, -0.2) is 18.6 Å². The third kappa shape index (κ3) is 4.44. The van der Waals surface area contributed by atoms with Crippen LogP contribution in [0.3, 0.4) is 0 Å². The van der Waals surface area contributed by atoms with Crippen molar-refractivity contribution in [3.05, 3.63) is 82.3 Å². The minimum Gasteiger partial charge on any atom is -0.490 e. The molecule has 0 aromatic heterocycles. The molecule has 1 amide bonds. The van der Waals surface area contributed by atoms with E-state index in [1.54, 1.807) is 4.90 Å². The highest BCUT2D eigenvalue weighted by Crippen LogP contribution is 2.40. The number of hydrogen-bond acceptors (Lipinski definition) is 4. The Bertz CT molecular complexity index is 1140. The topological polar surface area (TPSA) is 50.8 Å². The van der Waals surface area contributed by atoms with Gasteiger partial charge < -0.3 is 14.8 Å². The highest BCUT2D eigenvalue weighted by atomic mass is 79.9. The molecule has 2 aliphatic rings. The number of carbonyl (C=O) groups is 1. The molecule has 3 aromatic carbocycles. The van der Waals surface area contributed by atoms with Crippen molar-refractivity contribution in [1.82, 2.24) is 0 Å².